The number of carboxylic acid groups (broad SMARTS) is 2. The summed E-state index contributed by atoms with van der Waals surface area (Å²) in [5.41, 5.74) is 3.68. The van der Waals surface area contributed by atoms with Crippen molar-refractivity contribution in [2.75, 3.05) is 13.1 Å². The van der Waals surface area contributed by atoms with E-state index in [4.69, 9.17) is 0 Å². The van der Waals surface area contributed by atoms with Crippen molar-refractivity contribution in [1.82, 2.24) is 10.6 Å². The molecule has 0 radical (unpaired) electrons. The number of carbonyl (C=O) groups is 4. The first kappa shape index (κ1) is 28.0. The van der Waals surface area contributed by atoms with Gasteiger partial charge in [0, 0.05) is 35.0 Å². The Balaban J connectivity index is 1.67. The van der Waals surface area contributed by atoms with Gasteiger partial charge in [-0.25, -0.2) is 9.59 Å². The maximum absolute atomic E-state index is 13.3. The molecule has 4 N–H and O–H groups in total. The highest BCUT2D eigenvalue weighted by atomic mass is 16.4. The molecule has 0 spiro atoms. The summed E-state index contributed by atoms with van der Waals surface area (Å²) in [5, 5.41) is 25.2. The Labute approximate surface area is 231 Å². The Morgan fingerprint density at radius 1 is 0.575 bits per heavy atom. The van der Waals surface area contributed by atoms with Gasteiger partial charge in [-0.15, -0.1) is 0 Å². The molecule has 0 bridgehead atoms. The number of nitrogens with one attached hydrogen (secondary N) is 2. The Morgan fingerprint density at radius 2 is 0.950 bits per heavy atom. The van der Waals surface area contributed by atoms with Crippen LogP contribution in [0.15, 0.2) is 72.8 Å². The van der Waals surface area contributed by atoms with Gasteiger partial charge in [-0.2, -0.15) is 0 Å². The van der Waals surface area contributed by atoms with Crippen LogP contribution in [0.5, 0.6) is 0 Å². The van der Waals surface area contributed by atoms with Crippen LogP contribution in [0.25, 0.3) is 10.8 Å². The second kappa shape index (κ2) is 12.3. The molecule has 4 aromatic carbocycles. The Bertz CT molecular complexity index is 1510. The van der Waals surface area contributed by atoms with Crippen LogP contribution in [0.3, 0.4) is 0 Å². The van der Waals surface area contributed by atoms with Crippen LogP contribution in [0.2, 0.25) is 0 Å². The van der Waals surface area contributed by atoms with Crippen LogP contribution in [-0.4, -0.2) is 47.1 Å². The van der Waals surface area contributed by atoms with E-state index in [9.17, 15) is 29.4 Å². The van der Waals surface area contributed by atoms with E-state index in [1.54, 1.807) is 0 Å². The van der Waals surface area contributed by atoms with Gasteiger partial charge in [0.1, 0.15) is 0 Å². The lowest BCUT2D eigenvalue weighted by molar-refractivity contribution is 0.0684. The number of aryl methyl sites for hydroxylation is 2. The fraction of sp³-hybridized carbons (Fsp3) is 0.188. The third kappa shape index (κ3) is 6.35. The minimum Gasteiger partial charge on any atom is -0.478 e. The fourth-order valence-corrected chi connectivity index (χ4v) is 4.80. The van der Waals surface area contributed by atoms with Gasteiger partial charge in [-0.05, 0) is 62.1 Å². The highest BCUT2D eigenvalue weighted by Gasteiger charge is 2.25. The zero-order valence-electron chi connectivity index (χ0n) is 22.3. The topological polar surface area (TPSA) is 133 Å². The van der Waals surface area contributed by atoms with Gasteiger partial charge >= 0.3 is 11.9 Å². The third-order valence-electron chi connectivity index (χ3n) is 6.67. The molecular formula is C32H30N2O6. The first-order valence-corrected chi connectivity index (χ1v) is 12.9. The van der Waals surface area contributed by atoms with E-state index >= 15 is 0 Å². The molecule has 8 nitrogen and oxygen atoms in total. The number of rotatable bonds is 10. The molecular weight excluding hydrogens is 508 g/mol. The molecule has 0 aromatic heterocycles. The molecule has 0 aliphatic carbocycles. The molecule has 8 heteroatoms. The van der Waals surface area contributed by atoms with Crippen LogP contribution in [-0.2, 0) is 12.8 Å². The SMILES string of the molecule is Cc1cccc(CCNC(=O)c2ccc(C(=O)NCCc3cccc(C)c3)c3c(C(=O)O)ccc(C(=O)O)c23)c1. The molecule has 2 amide bonds. The standard InChI is InChI=1S/C32H30N2O6/c1-19-5-3-7-21(17-19)13-15-33-29(35)23-9-10-24(30(36)34-16-14-22-8-4-6-20(2)18-22)28-26(32(39)40)12-11-25(27(23)28)31(37)38/h3-12,17-18H,13-16H2,1-2H3,(H,33,35)(H,34,36)(H,37,38)(H,39,40). The molecule has 0 heterocycles. The van der Waals surface area contributed by atoms with E-state index in [2.05, 4.69) is 10.6 Å². The number of carboxylic acids is 2. The molecule has 0 saturated carbocycles. The lowest BCUT2D eigenvalue weighted by atomic mass is 9.90. The smallest absolute Gasteiger partial charge is 0.336 e. The average Bonchev–Trinajstić information content (AvgIpc) is 2.91. The second-order valence-electron chi connectivity index (χ2n) is 9.67. The van der Waals surface area contributed by atoms with E-state index in [-0.39, 0.29) is 46.1 Å². The van der Waals surface area contributed by atoms with E-state index in [0.29, 0.717) is 12.8 Å². The summed E-state index contributed by atoms with van der Waals surface area (Å²) in [6.07, 6.45) is 1.11. The zero-order chi connectivity index (χ0) is 28.8. The number of amides is 2. The zero-order valence-corrected chi connectivity index (χ0v) is 22.3. The maximum Gasteiger partial charge on any atom is 0.336 e. The van der Waals surface area contributed by atoms with Crippen LogP contribution in [0.4, 0.5) is 0 Å². The number of fused-ring (bicyclic) bond motifs is 1. The van der Waals surface area contributed by atoms with Gasteiger partial charge in [0.25, 0.3) is 11.8 Å². The quantitative estimate of drug-likeness (QED) is 0.229. The molecule has 4 rings (SSSR count). The van der Waals surface area contributed by atoms with E-state index in [0.717, 1.165) is 34.4 Å². The fourth-order valence-electron chi connectivity index (χ4n) is 4.80. The predicted octanol–water partition coefficient (Wildman–Crippen LogP) is 4.80. The van der Waals surface area contributed by atoms with Crippen molar-refractivity contribution in [1.29, 1.82) is 0 Å². The monoisotopic (exact) mass is 538 g/mol. The van der Waals surface area contributed by atoms with Gasteiger partial charge in [-0.3, -0.25) is 9.59 Å². The van der Waals surface area contributed by atoms with Crippen LogP contribution >= 0.6 is 0 Å². The lowest BCUT2D eigenvalue weighted by Crippen LogP contribution is -2.28. The number of aromatic carboxylic acids is 2. The Hall–Kier alpha value is -4.98. The number of hydrogen-bond donors (Lipinski definition) is 4. The predicted molar refractivity (Wildman–Crippen MR) is 152 cm³/mol. The van der Waals surface area contributed by atoms with Gasteiger partial charge in [0.05, 0.1) is 11.1 Å². The summed E-state index contributed by atoms with van der Waals surface area (Å²) in [5.74, 6) is -3.80. The maximum atomic E-state index is 13.3. The third-order valence-corrected chi connectivity index (χ3v) is 6.67. The number of carbonyl (C=O) groups excluding carboxylic acids is 2. The molecule has 4 aromatic rings. The van der Waals surface area contributed by atoms with Crippen molar-refractivity contribution >= 4 is 34.5 Å². The molecule has 0 saturated heterocycles. The van der Waals surface area contributed by atoms with Crippen molar-refractivity contribution in [3.8, 4) is 0 Å². The molecule has 0 aliphatic heterocycles. The highest BCUT2D eigenvalue weighted by molar-refractivity contribution is 6.23. The first-order chi connectivity index (χ1) is 19.2. The van der Waals surface area contributed by atoms with Crippen LogP contribution < -0.4 is 10.6 Å². The second-order valence-corrected chi connectivity index (χ2v) is 9.67. The summed E-state index contributed by atoms with van der Waals surface area (Å²) >= 11 is 0. The Kier molecular flexibility index (Phi) is 8.59. The van der Waals surface area contributed by atoms with Gasteiger partial charge < -0.3 is 20.8 Å². The molecule has 0 fully saturated rings. The minimum absolute atomic E-state index is 0.0175. The molecule has 204 valence electrons. The van der Waals surface area contributed by atoms with Gasteiger partial charge in [0.2, 0.25) is 0 Å². The first-order valence-electron chi connectivity index (χ1n) is 12.9. The molecule has 40 heavy (non-hydrogen) atoms. The van der Waals surface area contributed by atoms with E-state index < -0.39 is 23.8 Å². The molecule has 0 atom stereocenters. The van der Waals surface area contributed by atoms with Gasteiger partial charge in [-0.1, -0.05) is 59.7 Å². The normalized spacial score (nSPS) is 10.8. The van der Waals surface area contributed by atoms with E-state index in [1.807, 2.05) is 62.4 Å². The number of hydrogen-bond acceptors (Lipinski definition) is 4. The van der Waals surface area contributed by atoms with Crippen LogP contribution in [0, 0.1) is 13.8 Å². The van der Waals surface area contributed by atoms with Crippen molar-refractivity contribution < 1.29 is 29.4 Å². The largest absolute Gasteiger partial charge is 0.478 e. The average molecular weight is 539 g/mol. The number of benzene rings is 4. The summed E-state index contributed by atoms with van der Waals surface area (Å²) in [6, 6.07) is 20.8. The highest BCUT2D eigenvalue weighted by Crippen LogP contribution is 2.30. The summed E-state index contributed by atoms with van der Waals surface area (Å²) < 4.78 is 0. The van der Waals surface area contributed by atoms with Gasteiger partial charge in [0.15, 0.2) is 0 Å². The van der Waals surface area contributed by atoms with Crippen molar-refractivity contribution in [3.05, 3.63) is 117 Å². The lowest BCUT2D eigenvalue weighted by Gasteiger charge is -2.16. The summed E-state index contributed by atoms with van der Waals surface area (Å²) in [6.45, 7) is 4.52. The van der Waals surface area contributed by atoms with E-state index in [1.165, 1.54) is 12.1 Å². The summed E-state index contributed by atoms with van der Waals surface area (Å²) in [7, 11) is 0. The molecule has 0 aliphatic rings. The van der Waals surface area contributed by atoms with Crippen molar-refractivity contribution in [2.45, 2.75) is 26.7 Å². The van der Waals surface area contributed by atoms with Crippen molar-refractivity contribution in [2.24, 2.45) is 0 Å². The Morgan fingerprint density at radius 3 is 1.30 bits per heavy atom. The molecule has 0 unspecified atom stereocenters. The summed E-state index contributed by atoms with van der Waals surface area (Å²) in [4.78, 5) is 50.8. The minimum atomic E-state index is -1.34. The van der Waals surface area contributed by atoms with Crippen molar-refractivity contribution in [3.63, 3.8) is 0 Å². The van der Waals surface area contributed by atoms with Crippen LogP contribution in [0.1, 0.15) is 63.7 Å².